The molecule has 8 rings (SSSR count). The highest BCUT2D eigenvalue weighted by Crippen LogP contribution is 2.61. The van der Waals surface area contributed by atoms with Gasteiger partial charge in [-0.05, 0) is 86.1 Å². The molecule has 3 amide bonds. The van der Waals surface area contributed by atoms with Gasteiger partial charge in [-0.2, -0.15) is 0 Å². The molecule has 0 aromatic heterocycles. The fourth-order valence-electron chi connectivity index (χ4n) is 9.20. The fraction of sp³-hybridized carbons (Fsp3) is 0.357. The SMILES string of the molecule is COc1ccc2c(c1)[C@]1(O[C@@H](CC(=O)N3CCC[C@H]3CO)[C@H]([Si](C)(C)F)[C@H]1C)C(=O)N2Cc1cccc(N2C(=O)c3ccccc3Oc3ccccc32)c1. The van der Waals surface area contributed by atoms with E-state index in [1.165, 1.54) is 0 Å². The first-order chi connectivity index (χ1) is 26.0. The number of para-hydroxylation sites is 3. The fourth-order valence-corrected chi connectivity index (χ4v) is 11.7. The van der Waals surface area contributed by atoms with Crippen molar-refractivity contribution in [3.05, 3.63) is 108 Å². The zero-order valence-electron chi connectivity index (χ0n) is 30.8. The Bertz CT molecular complexity index is 2140. The first-order valence-corrected chi connectivity index (χ1v) is 21.5. The van der Waals surface area contributed by atoms with Gasteiger partial charge in [-0.15, -0.1) is 0 Å². The molecule has 5 atom stereocenters. The number of likely N-dealkylation sites (tertiary alicyclic amines) is 1. The lowest BCUT2D eigenvalue weighted by molar-refractivity contribution is -0.150. The van der Waals surface area contributed by atoms with Crippen molar-refractivity contribution >= 4 is 43.2 Å². The predicted octanol–water partition coefficient (Wildman–Crippen LogP) is 7.47. The van der Waals surface area contributed by atoms with Gasteiger partial charge in [0.1, 0.15) is 11.5 Å². The molecule has 12 heteroatoms. The largest absolute Gasteiger partial charge is 0.497 e. The summed E-state index contributed by atoms with van der Waals surface area (Å²) in [5, 5.41) is 9.91. The number of nitrogens with zero attached hydrogens (tertiary/aromatic N) is 3. The van der Waals surface area contributed by atoms with Crippen molar-refractivity contribution in [1.29, 1.82) is 0 Å². The number of aliphatic hydroxyl groups excluding tert-OH is 1. The van der Waals surface area contributed by atoms with Crippen LogP contribution >= 0.6 is 0 Å². The molecule has 4 aliphatic rings. The average molecular weight is 750 g/mol. The Kier molecular flexibility index (Phi) is 9.10. The molecule has 1 spiro atoms. The van der Waals surface area contributed by atoms with E-state index in [1.807, 2.05) is 67.6 Å². The van der Waals surface area contributed by atoms with Crippen molar-refractivity contribution in [3.8, 4) is 17.2 Å². The number of methoxy groups -OCH3 is 1. The maximum atomic E-state index is 16.5. The molecule has 4 aliphatic heterocycles. The number of fused-ring (bicyclic) bond motifs is 4. The van der Waals surface area contributed by atoms with Gasteiger partial charge in [0.05, 0.1) is 55.8 Å². The van der Waals surface area contributed by atoms with Crippen molar-refractivity contribution in [1.82, 2.24) is 4.90 Å². The van der Waals surface area contributed by atoms with Crippen molar-refractivity contribution in [2.45, 2.75) is 69.1 Å². The van der Waals surface area contributed by atoms with Gasteiger partial charge >= 0.3 is 0 Å². The van der Waals surface area contributed by atoms with E-state index in [0.717, 1.165) is 12.0 Å². The van der Waals surface area contributed by atoms with Gasteiger partial charge in [-0.3, -0.25) is 19.3 Å². The Labute approximate surface area is 315 Å². The molecule has 4 heterocycles. The van der Waals surface area contributed by atoms with Crippen LogP contribution in [0, 0.1) is 5.92 Å². The molecule has 280 valence electrons. The van der Waals surface area contributed by atoms with E-state index in [0.29, 0.717) is 58.4 Å². The van der Waals surface area contributed by atoms with Crippen LogP contribution < -0.4 is 19.3 Å². The number of ether oxygens (including phenoxy) is 3. The molecule has 0 saturated carbocycles. The van der Waals surface area contributed by atoms with Crippen LogP contribution in [0.5, 0.6) is 17.2 Å². The van der Waals surface area contributed by atoms with E-state index in [2.05, 4.69) is 0 Å². The highest BCUT2D eigenvalue weighted by molar-refractivity contribution is 6.72. The Morgan fingerprint density at radius 3 is 2.50 bits per heavy atom. The highest BCUT2D eigenvalue weighted by atomic mass is 28.4. The Morgan fingerprint density at radius 2 is 1.74 bits per heavy atom. The van der Waals surface area contributed by atoms with Crippen molar-refractivity contribution in [2.24, 2.45) is 5.92 Å². The van der Waals surface area contributed by atoms with Crippen LogP contribution in [0.2, 0.25) is 18.6 Å². The molecular formula is C42H44FN3O7Si. The summed E-state index contributed by atoms with van der Waals surface area (Å²) in [5.41, 5.74) is 1.32. The molecule has 2 saturated heterocycles. The van der Waals surface area contributed by atoms with Crippen LogP contribution in [0.3, 0.4) is 0 Å². The Balaban J connectivity index is 1.16. The summed E-state index contributed by atoms with van der Waals surface area (Å²) in [6, 6.07) is 27.1. The van der Waals surface area contributed by atoms with Crippen LogP contribution in [0.1, 0.15) is 47.7 Å². The number of carbonyl (C=O) groups excluding carboxylic acids is 3. The Morgan fingerprint density at radius 1 is 0.981 bits per heavy atom. The summed E-state index contributed by atoms with van der Waals surface area (Å²) in [6.07, 6.45) is 0.573. The topological polar surface area (TPSA) is 109 Å². The lowest BCUT2D eigenvalue weighted by atomic mass is 9.82. The summed E-state index contributed by atoms with van der Waals surface area (Å²) >= 11 is 0. The zero-order valence-corrected chi connectivity index (χ0v) is 31.8. The predicted molar refractivity (Wildman–Crippen MR) is 205 cm³/mol. The normalized spacial score (nSPS) is 24.7. The minimum Gasteiger partial charge on any atom is -0.497 e. The van der Waals surface area contributed by atoms with Gasteiger partial charge in [0, 0.05) is 29.3 Å². The van der Waals surface area contributed by atoms with E-state index >= 15 is 8.90 Å². The van der Waals surface area contributed by atoms with Gasteiger partial charge in [0.25, 0.3) is 11.8 Å². The van der Waals surface area contributed by atoms with Gasteiger partial charge in [0.2, 0.25) is 14.3 Å². The number of hydrogen-bond acceptors (Lipinski definition) is 7. The van der Waals surface area contributed by atoms with Crippen LogP contribution in [0.4, 0.5) is 21.2 Å². The molecule has 0 unspecified atom stereocenters. The second-order valence-electron chi connectivity index (χ2n) is 15.2. The molecule has 1 N–H and O–H groups in total. The third kappa shape index (κ3) is 5.78. The lowest BCUT2D eigenvalue weighted by Gasteiger charge is -2.31. The van der Waals surface area contributed by atoms with Gasteiger partial charge in [-0.25, -0.2) is 0 Å². The maximum Gasteiger partial charge on any atom is 0.266 e. The molecule has 2 fully saturated rings. The van der Waals surface area contributed by atoms with Crippen LogP contribution in [-0.4, -0.2) is 68.5 Å². The summed E-state index contributed by atoms with van der Waals surface area (Å²) in [7, 11) is -1.98. The van der Waals surface area contributed by atoms with Crippen LogP contribution in [-0.2, 0) is 26.5 Å². The number of carbonyl (C=O) groups is 3. The number of rotatable bonds is 8. The maximum absolute atomic E-state index is 16.5. The highest BCUT2D eigenvalue weighted by Gasteiger charge is 2.67. The first kappa shape index (κ1) is 36.0. The Hall–Kier alpha value is -5.04. The average Bonchev–Trinajstić information content (AvgIpc) is 3.80. The number of aliphatic hydroxyl groups is 1. The minimum atomic E-state index is -3.53. The second-order valence-corrected chi connectivity index (χ2v) is 19.0. The second kappa shape index (κ2) is 13.7. The van der Waals surface area contributed by atoms with Crippen molar-refractivity contribution < 1.29 is 37.8 Å². The third-order valence-corrected chi connectivity index (χ3v) is 14.1. The molecule has 4 aromatic carbocycles. The van der Waals surface area contributed by atoms with E-state index in [4.69, 9.17) is 14.2 Å². The third-order valence-electron chi connectivity index (χ3n) is 11.6. The molecule has 0 bridgehead atoms. The standard InChI is InChI=1S/C42H44FN3O7Si/c1-26-39(54(3,4)43)37(23-38(48)44-20-10-13-29(44)25-47)53-42(26)32-22-30(51-2)18-19-33(32)45(41(42)50)24-27-11-9-12-28(21-27)46-34-15-6-8-17-36(34)52-35-16-7-5-14-31(35)40(46)49/h5-9,11-12,14-19,21-22,26,29,37,39,47H,10,13,20,23-25H2,1-4H3/t26-,29+,37+,39-,42+/m1/s1. The number of amides is 3. The van der Waals surface area contributed by atoms with Gasteiger partial charge < -0.3 is 33.2 Å². The van der Waals surface area contributed by atoms with Gasteiger partial charge in [-0.1, -0.05) is 43.3 Å². The van der Waals surface area contributed by atoms with E-state index in [9.17, 15) is 14.7 Å². The molecular weight excluding hydrogens is 706 g/mol. The van der Waals surface area contributed by atoms with Crippen molar-refractivity contribution in [2.75, 3.05) is 30.1 Å². The summed E-state index contributed by atoms with van der Waals surface area (Å²) in [6.45, 7) is 5.62. The molecule has 0 aliphatic carbocycles. The number of benzene rings is 4. The molecule has 10 nitrogen and oxygen atoms in total. The summed E-state index contributed by atoms with van der Waals surface area (Å²) in [4.78, 5) is 47.9. The molecule has 4 aromatic rings. The van der Waals surface area contributed by atoms with Gasteiger partial charge in [0.15, 0.2) is 11.4 Å². The number of anilines is 3. The van der Waals surface area contributed by atoms with E-state index in [1.54, 1.807) is 65.2 Å². The van der Waals surface area contributed by atoms with Crippen LogP contribution in [0.25, 0.3) is 0 Å². The summed E-state index contributed by atoms with van der Waals surface area (Å²) < 4.78 is 35.2. The minimum absolute atomic E-state index is 0.0829. The summed E-state index contributed by atoms with van der Waals surface area (Å²) in [5.74, 6) is 0.129. The number of halogens is 1. The number of hydrogen-bond donors (Lipinski definition) is 1. The smallest absolute Gasteiger partial charge is 0.266 e. The lowest BCUT2D eigenvalue weighted by Crippen LogP contribution is -2.45. The molecule has 54 heavy (non-hydrogen) atoms. The molecule has 0 radical (unpaired) electrons. The van der Waals surface area contributed by atoms with E-state index < -0.39 is 31.6 Å². The first-order valence-electron chi connectivity index (χ1n) is 18.5. The zero-order chi connectivity index (χ0) is 37.9. The van der Waals surface area contributed by atoms with Crippen LogP contribution in [0.15, 0.2) is 91.0 Å². The monoisotopic (exact) mass is 749 g/mol. The van der Waals surface area contributed by atoms with E-state index in [-0.39, 0.29) is 43.3 Å². The quantitative estimate of drug-likeness (QED) is 0.147. The van der Waals surface area contributed by atoms with Crippen molar-refractivity contribution in [3.63, 3.8) is 0 Å².